The number of aromatic nitrogens is 2. The lowest BCUT2D eigenvalue weighted by molar-refractivity contribution is 0.473. The van der Waals surface area contributed by atoms with E-state index in [1.165, 1.54) is 12.1 Å². The van der Waals surface area contributed by atoms with Crippen LogP contribution in [0.15, 0.2) is 28.7 Å². The number of hydrogen-bond donors (Lipinski definition) is 1. The molecule has 15 heavy (non-hydrogen) atoms. The second kappa shape index (κ2) is 3.78. The maximum atomic E-state index is 12.6. The van der Waals surface area contributed by atoms with Gasteiger partial charge in [-0.3, -0.25) is 0 Å². The van der Waals surface area contributed by atoms with E-state index in [2.05, 4.69) is 10.2 Å². The molecule has 1 aromatic carbocycles. The summed E-state index contributed by atoms with van der Waals surface area (Å²) in [5.74, 6) is 0.419. The van der Waals surface area contributed by atoms with Gasteiger partial charge in [0.05, 0.1) is 6.04 Å². The maximum Gasteiger partial charge on any atom is 0.247 e. The molecular weight excluding hydrogens is 197 g/mol. The quantitative estimate of drug-likeness (QED) is 0.816. The van der Waals surface area contributed by atoms with Crippen molar-refractivity contribution in [3.05, 3.63) is 36.0 Å². The molecule has 1 aromatic heterocycles. The Morgan fingerprint density at radius 2 is 1.93 bits per heavy atom. The van der Waals surface area contributed by atoms with Gasteiger partial charge in [-0.05, 0) is 31.2 Å². The molecule has 0 unspecified atom stereocenters. The fourth-order valence-electron chi connectivity index (χ4n) is 1.13. The van der Waals surface area contributed by atoms with Gasteiger partial charge in [0.15, 0.2) is 0 Å². The van der Waals surface area contributed by atoms with Gasteiger partial charge in [-0.2, -0.15) is 0 Å². The highest BCUT2D eigenvalue weighted by atomic mass is 19.1. The van der Waals surface area contributed by atoms with Crippen LogP contribution < -0.4 is 5.73 Å². The summed E-state index contributed by atoms with van der Waals surface area (Å²) in [4.78, 5) is 0. The summed E-state index contributed by atoms with van der Waals surface area (Å²) in [6.45, 7) is 1.75. The fraction of sp³-hybridized carbons (Fsp3) is 0.200. The van der Waals surface area contributed by atoms with Gasteiger partial charge < -0.3 is 10.2 Å². The van der Waals surface area contributed by atoms with E-state index in [4.69, 9.17) is 10.2 Å². The molecule has 0 aliphatic carbocycles. The molecular formula is C10H10FN3O. The van der Waals surface area contributed by atoms with Gasteiger partial charge in [0.2, 0.25) is 11.8 Å². The van der Waals surface area contributed by atoms with E-state index >= 15 is 0 Å². The number of rotatable bonds is 2. The second-order valence-electron chi connectivity index (χ2n) is 3.24. The van der Waals surface area contributed by atoms with Crippen LogP contribution in [0.25, 0.3) is 11.5 Å². The van der Waals surface area contributed by atoms with Crippen molar-refractivity contribution in [1.29, 1.82) is 0 Å². The number of benzene rings is 1. The Bertz CT molecular complexity index is 450. The summed E-state index contributed by atoms with van der Waals surface area (Å²) < 4.78 is 18.0. The van der Waals surface area contributed by atoms with Gasteiger partial charge in [-0.1, -0.05) is 0 Å². The average molecular weight is 207 g/mol. The first-order valence-electron chi connectivity index (χ1n) is 4.52. The van der Waals surface area contributed by atoms with Crippen molar-refractivity contribution in [1.82, 2.24) is 10.2 Å². The van der Waals surface area contributed by atoms with Crippen LogP contribution in [0.2, 0.25) is 0 Å². The highest BCUT2D eigenvalue weighted by Crippen LogP contribution is 2.19. The maximum absolute atomic E-state index is 12.6. The zero-order chi connectivity index (χ0) is 10.8. The molecule has 2 N–H and O–H groups in total. The lowest BCUT2D eigenvalue weighted by atomic mass is 10.2. The molecule has 0 aliphatic heterocycles. The van der Waals surface area contributed by atoms with E-state index in [-0.39, 0.29) is 11.9 Å². The predicted octanol–water partition coefficient (Wildman–Crippen LogP) is 1.90. The molecule has 4 nitrogen and oxygen atoms in total. The van der Waals surface area contributed by atoms with Gasteiger partial charge in [-0.25, -0.2) is 4.39 Å². The number of halogens is 1. The first-order valence-corrected chi connectivity index (χ1v) is 4.52. The normalized spacial score (nSPS) is 12.7. The molecule has 2 rings (SSSR count). The molecule has 0 spiro atoms. The summed E-state index contributed by atoms with van der Waals surface area (Å²) in [6.07, 6.45) is 0. The lowest BCUT2D eigenvalue weighted by Gasteiger charge is -1.96. The zero-order valence-electron chi connectivity index (χ0n) is 8.14. The minimum absolute atomic E-state index is 0.299. The molecule has 5 heteroatoms. The topological polar surface area (TPSA) is 64.9 Å². The minimum Gasteiger partial charge on any atom is -0.419 e. The molecule has 0 saturated carbocycles. The molecule has 0 aliphatic rings. The Kier molecular flexibility index (Phi) is 2.47. The van der Waals surface area contributed by atoms with Crippen LogP contribution >= 0.6 is 0 Å². The van der Waals surface area contributed by atoms with E-state index in [0.717, 1.165) is 0 Å². The largest absolute Gasteiger partial charge is 0.419 e. The molecule has 1 atom stereocenters. The first-order chi connectivity index (χ1) is 7.16. The molecule has 0 bridgehead atoms. The molecule has 0 fully saturated rings. The Hall–Kier alpha value is -1.75. The van der Waals surface area contributed by atoms with E-state index in [0.29, 0.717) is 17.3 Å². The van der Waals surface area contributed by atoms with Crippen molar-refractivity contribution in [3.8, 4) is 11.5 Å². The van der Waals surface area contributed by atoms with Crippen LogP contribution in [0.4, 0.5) is 4.39 Å². The van der Waals surface area contributed by atoms with Crippen molar-refractivity contribution < 1.29 is 8.81 Å². The third kappa shape index (κ3) is 2.02. The van der Waals surface area contributed by atoms with E-state index in [1.807, 2.05) is 0 Å². The Balaban J connectivity index is 2.33. The molecule has 0 radical (unpaired) electrons. The Morgan fingerprint density at radius 1 is 1.27 bits per heavy atom. The van der Waals surface area contributed by atoms with Gasteiger partial charge in [0, 0.05) is 5.56 Å². The van der Waals surface area contributed by atoms with Crippen molar-refractivity contribution >= 4 is 0 Å². The van der Waals surface area contributed by atoms with Gasteiger partial charge in [-0.15, -0.1) is 10.2 Å². The van der Waals surface area contributed by atoms with Crippen LogP contribution in [0.3, 0.4) is 0 Å². The van der Waals surface area contributed by atoms with Gasteiger partial charge in [0.1, 0.15) is 5.82 Å². The van der Waals surface area contributed by atoms with E-state index in [9.17, 15) is 4.39 Å². The van der Waals surface area contributed by atoms with E-state index in [1.54, 1.807) is 19.1 Å². The molecule has 1 heterocycles. The van der Waals surface area contributed by atoms with Gasteiger partial charge in [0.25, 0.3) is 0 Å². The Morgan fingerprint density at radius 3 is 2.47 bits per heavy atom. The summed E-state index contributed by atoms with van der Waals surface area (Å²) >= 11 is 0. The standard InChI is InChI=1S/C10H10FN3O/c1-6(12)9-13-14-10(15-9)7-2-4-8(11)5-3-7/h2-6H,12H2,1H3/t6-/m0/s1. The number of nitrogens with two attached hydrogens (primary N) is 1. The zero-order valence-corrected chi connectivity index (χ0v) is 8.14. The molecule has 78 valence electrons. The number of hydrogen-bond acceptors (Lipinski definition) is 4. The van der Waals surface area contributed by atoms with Crippen LogP contribution in [-0.4, -0.2) is 10.2 Å². The SMILES string of the molecule is C[C@H](N)c1nnc(-c2ccc(F)cc2)o1. The summed E-state index contributed by atoms with van der Waals surface area (Å²) in [5.41, 5.74) is 6.25. The monoisotopic (exact) mass is 207 g/mol. The summed E-state index contributed by atoms with van der Waals surface area (Å²) in [5, 5.41) is 7.60. The van der Waals surface area contributed by atoms with Crippen LogP contribution in [-0.2, 0) is 0 Å². The Labute approximate surface area is 85.9 Å². The van der Waals surface area contributed by atoms with Crippen molar-refractivity contribution in [2.45, 2.75) is 13.0 Å². The fourth-order valence-corrected chi connectivity index (χ4v) is 1.13. The highest BCUT2D eigenvalue weighted by molar-refractivity contribution is 5.51. The predicted molar refractivity (Wildman–Crippen MR) is 52.3 cm³/mol. The smallest absolute Gasteiger partial charge is 0.247 e. The van der Waals surface area contributed by atoms with Crippen LogP contribution in [0.1, 0.15) is 18.9 Å². The molecule has 0 saturated heterocycles. The van der Waals surface area contributed by atoms with Gasteiger partial charge >= 0.3 is 0 Å². The van der Waals surface area contributed by atoms with Crippen molar-refractivity contribution in [2.75, 3.05) is 0 Å². The molecule has 0 amide bonds. The third-order valence-corrected chi connectivity index (χ3v) is 1.92. The van der Waals surface area contributed by atoms with Crippen molar-refractivity contribution in [3.63, 3.8) is 0 Å². The lowest BCUT2D eigenvalue weighted by Crippen LogP contribution is -2.04. The minimum atomic E-state index is -0.300. The first kappa shape index (κ1) is 9.79. The van der Waals surface area contributed by atoms with E-state index < -0.39 is 0 Å². The summed E-state index contributed by atoms with van der Waals surface area (Å²) in [7, 11) is 0. The summed E-state index contributed by atoms with van der Waals surface area (Å²) in [6, 6.07) is 5.53. The molecule has 2 aromatic rings. The number of nitrogens with zero attached hydrogens (tertiary/aromatic N) is 2. The van der Waals surface area contributed by atoms with Crippen LogP contribution in [0, 0.1) is 5.82 Å². The highest BCUT2D eigenvalue weighted by Gasteiger charge is 2.11. The van der Waals surface area contributed by atoms with Crippen molar-refractivity contribution in [2.24, 2.45) is 5.73 Å². The average Bonchev–Trinajstić information content (AvgIpc) is 2.68. The second-order valence-corrected chi connectivity index (χ2v) is 3.24. The van der Waals surface area contributed by atoms with Crippen LogP contribution in [0.5, 0.6) is 0 Å². The third-order valence-electron chi connectivity index (χ3n) is 1.92.